The third-order valence-corrected chi connectivity index (χ3v) is 4.22. The van der Waals surface area contributed by atoms with Gasteiger partial charge in [0.15, 0.2) is 11.7 Å². The number of ether oxygens (including phenoxy) is 1. The number of carbonyl (C=O) groups excluding carboxylic acids is 1. The number of alkyl halides is 3. The summed E-state index contributed by atoms with van der Waals surface area (Å²) in [5.74, 6) is -0.410. The van der Waals surface area contributed by atoms with E-state index in [-0.39, 0.29) is 21.6 Å². The molecule has 0 saturated carbocycles. The number of nitrogens with zero attached hydrogens (tertiary/aromatic N) is 2. The Bertz CT molecular complexity index is 930. The monoisotopic (exact) mass is 387 g/mol. The summed E-state index contributed by atoms with van der Waals surface area (Å²) < 4.78 is 41.9. The minimum atomic E-state index is -4.41. The Balaban J connectivity index is 1.77. The molecule has 0 aliphatic rings. The average Bonchev–Trinajstić information content (AvgIpc) is 2.94. The number of pyridine rings is 1. The fourth-order valence-corrected chi connectivity index (χ4v) is 3.03. The van der Waals surface area contributed by atoms with Gasteiger partial charge in [0.1, 0.15) is 10.9 Å². The number of aromatic nitrogens is 2. The molecule has 1 amide bonds. The van der Waals surface area contributed by atoms with E-state index >= 15 is 0 Å². The molecule has 0 aliphatic carbocycles. The number of anilines is 1. The Morgan fingerprint density at radius 3 is 2.84 bits per heavy atom. The van der Waals surface area contributed by atoms with Crippen LogP contribution in [0.4, 0.5) is 18.3 Å². The van der Waals surface area contributed by atoms with Gasteiger partial charge >= 0.3 is 6.18 Å². The van der Waals surface area contributed by atoms with Gasteiger partial charge in [-0.25, -0.2) is 9.97 Å². The van der Waals surface area contributed by atoms with Crippen molar-refractivity contribution in [2.24, 2.45) is 0 Å². The van der Waals surface area contributed by atoms with E-state index in [0.29, 0.717) is 10.2 Å². The molecule has 5 nitrogen and oxygen atoms in total. The lowest BCUT2D eigenvalue weighted by Gasteiger charge is -2.08. The normalized spacial score (nSPS) is 11.5. The first-order valence-electron chi connectivity index (χ1n) is 6.84. The summed E-state index contributed by atoms with van der Waals surface area (Å²) in [6, 6.07) is 7.43. The van der Waals surface area contributed by atoms with E-state index in [0.717, 1.165) is 11.3 Å². The lowest BCUT2D eigenvalue weighted by Crippen LogP contribution is -2.19. The number of rotatable bonds is 4. The Kier molecular flexibility index (Phi) is 4.78. The smallest absolute Gasteiger partial charge is 0.422 e. The van der Waals surface area contributed by atoms with Crippen LogP contribution in [-0.2, 0) is 0 Å². The summed E-state index contributed by atoms with van der Waals surface area (Å²) in [5, 5.41) is 2.93. The van der Waals surface area contributed by atoms with E-state index in [2.05, 4.69) is 15.3 Å². The lowest BCUT2D eigenvalue weighted by atomic mass is 10.3. The topological polar surface area (TPSA) is 64.1 Å². The maximum atomic E-state index is 12.2. The molecule has 3 aromatic rings. The highest BCUT2D eigenvalue weighted by Crippen LogP contribution is 2.30. The lowest BCUT2D eigenvalue weighted by molar-refractivity contribution is -0.153. The number of halogens is 4. The molecule has 0 aliphatic heterocycles. The van der Waals surface area contributed by atoms with Gasteiger partial charge in [0.2, 0.25) is 0 Å². The average molecular weight is 388 g/mol. The molecular weight excluding hydrogens is 379 g/mol. The first kappa shape index (κ1) is 17.4. The fourth-order valence-electron chi connectivity index (χ4n) is 1.93. The van der Waals surface area contributed by atoms with Crippen molar-refractivity contribution in [2.45, 2.75) is 6.18 Å². The minimum Gasteiger partial charge on any atom is -0.484 e. The number of thiazole rings is 1. The van der Waals surface area contributed by atoms with Crippen LogP contribution in [0, 0.1) is 0 Å². The quantitative estimate of drug-likeness (QED) is 0.668. The van der Waals surface area contributed by atoms with Crippen molar-refractivity contribution in [3.63, 3.8) is 0 Å². The van der Waals surface area contributed by atoms with Crippen LogP contribution in [0.3, 0.4) is 0 Å². The molecule has 0 saturated heterocycles. The van der Waals surface area contributed by atoms with Crippen LogP contribution in [0.15, 0.2) is 36.5 Å². The van der Waals surface area contributed by atoms with Crippen molar-refractivity contribution >= 4 is 44.2 Å². The molecule has 2 aromatic heterocycles. The van der Waals surface area contributed by atoms with Gasteiger partial charge in [-0.3, -0.25) is 10.1 Å². The molecule has 3 rings (SSSR count). The van der Waals surface area contributed by atoms with Crippen molar-refractivity contribution in [2.75, 3.05) is 11.9 Å². The van der Waals surface area contributed by atoms with E-state index in [1.165, 1.54) is 30.5 Å². The van der Waals surface area contributed by atoms with Crippen molar-refractivity contribution in [1.29, 1.82) is 0 Å². The predicted octanol–water partition coefficient (Wildman–Crippen LogP) is 4.54. The van der Waals surface area contributed by atoms with Crippen LogP contribution < -0.4 is 10.1 Å². The molecule has 0 spiro atoms. The zero-order valence-corrected chi connectivity index (χ0v) is 13.9. The molecule has 130 valence electrons. The Morgan fingerprint density at radius 2 is 2.12 bits per heavy atom. The Hall–Kier alpha value is -2.39. The summed E-state index contributed by atoms with van der Waals surface area (Å²) in [6.45, 7) is -1.37. The van der Waals surface area contributed by atoms with Gasteiger partial charge in [-0.2, -0.15) is 13.2 Å². The molecule has 25 heavy (non-hydrogen) atoms. The first-order valence-corrected chi connectivity index (χ1v) is 8.03. The Labute approximate surface area is 148 Å². The Morgan fingerprint density at radius 1 is 1.32 bits per heavy atom. The minimum absolute atomic E-state index is 0.0592. The van der Waals surface area contributed by atoms with E-state index in [9.17, 15) is 18.0 Å². The van der Waals surface area contributed by atoms with Crippen molar-refractivity contribution in [1.82, 2.24) is 9.97 Å². The van der Waals surface area contributed by atoms with Crippen LogP contribution in [0.25, 0.3) is 10.2 Å². The van der Waals surface area contributed by atoms with Gasteiger partial charge in [0, 0.05) is 6.20 Å². The summed E-state index contributed by atoms with van der Waals surface area (Å²) >= 11 is 6.96. The van der Waals surface area contributed by atoms with E-state index < -0.39 is 18.7 Å². The highest BCUT2D eigenvalue weighted by atomic mass is 35.5. The number of hydrogen-bond donors (Lipinski definition) is 1. The van der Waals surface area contributed by atoms with Gasteiger partial charge < -0.3 is 4.74 Å². The molecule has 0 unspecified atom stereocenters. The van der Waals surface area contributed by atoms with E-state index in [1.54, 1.807) is 6.07 Å². The van der Waals surface area contributed by atoms with Crippen molar-refractivity contribution in [3.05, 3.63) is 47.2 Å². The summed E-state index contributed by atoms with van der Waals surface area (Å²) in [5.41, 5.74) is 0.717. The van der Waals surface area contributed by atoms with Crippen LogP contribution >= 0.6 is 22.9 Å². The second-order valence-corrected chi connectivity index (χ2v) is 6.24. The number of benzene rings is 1. The zero-order chi connectivity index (χ0) is 18.0. The van der Waals surface area contributed by atoms with Gasteiger partial charge in [0.05, 0.1) is 15.8 Å². The van der Waals surface area contributed by atoms with Crippen LogP contribution in [-0.4, -0.2) is 28.7 Å². The standard InChI is InChI=1S/C15H9ClF3N3O2S/c16-12-9(2-1-5-20-12)13(23)22-14-21-10-4-3-8(6-11(10)25-14)24-7-15(17,18)19/h1-6H,7H2,(H,21,22,23). The largest absolute Gasteiger partial charge is 0.484 e. The number of hydrogen-bond acceptors (Lipinski definition) is 5. The van der Waals surface area contributed by atoms with Gasteiger partial charge in [-0.15, -0.1) is 0 Å². The van der Waals surface area contributed by atoms with Crippen LogP contribution in [0.5, 0.6) is 5.75 Å². The summed E-state index contributed by atoms with van der Waals surface area (Å²) in [6.07, 6.45) is -2.95. The molecule has 1 aromatic carbocycles. The number of carbonyl (C=O) groups is 1. The molecular formula is C15H9ClF3N3O2S. The third-order valence-electron chi connectivity index (χ3n) is 2.99. The molecule has 0 radical (unpaired) electrons. The summed E-state index contributed by atoms with van der Waals surface area (Å²) in [7, 11) is 0. The zero-order valence-electron chi connectivity index (χ0n) is 12.3. The molecule has 1 N–H and O–H groups in total. The van der Waals surface area contributed by atoms with Gasteiger partial charge in [0.25, 0.3) is 5.91 Å². The third kappa shape index (κ3) is 4.37. The highest BCUT2D eigenvalue weighted by molar-refractivity contribution is 7.22. The number of nitrogens with one attached hydrogen (secondary N) is 1. The second-order valence-electron chi connectivity index (χ2n) is 4.85. The van der Waals surface area contributed by atoms with E-state index in [1.807, 2.05) is 0 Å². The van der Waals surface area contributed by atoms with Crippen LogP contribution in [0.2, 0.25) is 5.15 Å². The fraction of sp³-hybridized carbons (Fsp3) is 0.133. The first-order chi connectivity index (χ1) is 11.8. The maximum Gasteiger partial charge on any atom is 0.422 e. The van der Waals surface area contributed by atoms with Crippen molar-refractivity contribution < 1.29 is 22.7 Å². The van der Waals surface area contributed by atoms with Crippen LogP contribution in [0.1, 0.15) is 10.4 Å². The highest BCUT2D eigenvalue weighted by Gasteiger charge is 2.28. The number of amides is 1. The maximum absolute atomic E-state index is 12.2. The SMILES string of the molecule is O=C(Nc1nc2ccc(OCC(F)(F)F)cc2s1)c1cccnc1Cl. The summed E-state index contributed by atoms with van der Waals surface area (Å²) in [4.78, 5) is 20.2. The molecule has 0 bridgehead atoms. The molecule has 0 atom stereocenters. The van der Waals surface area contributed by atoms with Gasteiger partial charge in [-0.1, -0.05) is 22.9 Å². The van der Waals surface area contributed by atoms with Gasteiger partial charge in [-0.05, 0) is 30.3 Å². The molecule has 10 heteroatoms. The predicted molar refractivity (Wildman–Crippen MR) is 88.4 cm³/mol. The van der Waals surface area contributed by atoms with E-state index in [4.69, 9.17) is 16.3 Å². The van der Waals surface area contributed by atoms with Crippen molar-refractivity contribution in [3.8, 4) is 5.75 Å². The second kappa shape index (κ2) is 6.85. The molecule has 0 fully saturated rings. The number of fused-ring (bicyclic) bond motifs is 1. The molecule has 2 heterocycles.